The van der Waals surface area contributed by atoms with E-state index in [-0.39, 0.29) is 11.2 Å². The molecule has 1 aliphatic heterocycles. The lowest BCUT2D eigenvalue weighted by molar-refractivity contribution is -0.384. The van der Waals surface area contributed by atoms with Gasteiger partial charge in [-0.25, -0.2) is 0 Å². The molecule has 1 saturated heterocycles. The third-order valence-corrected chi connectivity index (χ3v) is 4.39. The van der Waals surface area contributed by atoms with Crippen LogP contribution in [0.1, 0.15) is 19.4 Å². The Bertz CT molecular complexity index is 595. The molecule has 2 N–H and O–H groups in total. The van der Waals surface area contributed by atoms with E-state index in [9.17, 15) is 10.1 Å². The van der Waals surface area contributed by atoms with E-state index in [1.807, 2.05) is 0 Å². The third-order valence-electron chi connectivity index (χ3n) is 4.39. The van der Waals surface area contributed by atoms with Crippen LogP contribution < -0.4 is 10.6 Å². The van der Waals surface area contributed by atoms with Crippen molar-refractivity contribution in [2.75, 3.05) is 39.9 Å². The van der Waals surface area contributed by atoms with E-state index in [0.717, 1.165) is 38.4 Å². The number of guanidine groups is 1. The van der Waals surface area contributed by atoms with Gasteiger partial charge in [-0.1, -0.05) is 12.1 Å². The van der Waals surface area contributed by atoms with Gasteiger partial charge in [0.15, 0.2) is 5.96 Å². The maximum absolute atomic E-state index is 10.7. The number of hydrogen-bond acceptors (Lipinski definition) is 5. The van der Waals surface area contributed by atoms with Gasteiger partial charge < -0.3 is 15.4 Å². The van der Waals surface area contributed by atoms with E-state index >= 15 is 0 Å². The molecule has 0 unspecified atom stereocenters. The molecule has 0 saturated carbocycles. The fourth-order valence-corrected chi connectivity index (χ4v) is 2.72. The predicted octanol–water partition coefficient (Wildman–Crippen LogP) is 1.37. The van der Waals surface area contributed by atoms with Gasteiger partial charge in [-0.05, 0) is 19.4 Å². The molecule has 1 aromatic carbocycles. The predicted molar refractivity (Wildman–Crippen MR) is 97.8 cm³/mol. The van der Waals surface area contributed by atoms with Crippen LogP contribution in [0.2, 0.25) is 0 Å². The lowest BCUT2D eigenvalue weighted by Gasteiger charge is -2.41. The first-order chi connectivity index (χ1) is 11.9. The molecule has 138 valence electrons. The van der Waals surface area contributed by atoms with Crippen molar-refractivity contribution >= 4 is 11.6 Å². The molecule has 1 aliphatic rings. The van der Waals surface area contributed by atoms with Crippen molar-refractivity contribution in [1.29, 1.82) is 0 Å². The molecular formula is C17H27N5O3. The fourth-order valence-electron chi connectivity index (χ4n) is 2.72. The summed E-state index contributed by atoms with van der Waals surface area (Å²) < 4.78 is 5.41. The van der Waals surface area contributed by atoms with E-state index < -0.39 is 4.92 Å². The quantitative estimate of drug-likeness (QED) is 0.349. The normalized spacial score (nSPS) is 16.5. The number of ether oxygens (including phenoxy) is 1. The highest BCUT2D eigenvalue weighted by molar-refractivity contribution is 5.79. The van der Waals surface area contributed by atoms with Crippen molar-refractivity contribution in [3.8, 4) is 0 Å². The third kappa shape index (κ3) is 5.68. The number of morpholine rings is 1. The SMILES string of the molecule is CN=C(NCc1ccc([N+](=O)[O-])cc1)NCC(C)(C)N1CCOCC1. The smallest absolute Gasteiger partial charge is 0.269 e. The van der Waals surface area contributed by atoms with Gasteiger partial charge in [0.2, 0.25) is 0 Å². The van der Waals surface area contributed by atoms with Gasteiger partial charge in [0.1, 0.15) is 0 Å². The highest BCUT2D eigenvalue weighted by atomic mass is 16.6. The Labute approximate surface area is 148 Å². The maximum Gasteiger partial charge on any atom is 0.269 e. The number of nitro benzene ring substituents is 1. The number of hydrogen-bond donors (Lipinski definition) is 2. The standard InChI is InChI=1S/C17H27N5O3/c1-17(2,21-8-10-25-11-9-21)13-20-16(18-3)19-12-14-4-6-15(7-5-14)22(23)24/h4-7H,8-13H2,1-3H3,(H2,18,19,20). The summed E-state index contributed by atoms with van der Waals surface area (Å²) in [7, 11) is 1.73. The summed E-state index contributed by atoms with van der Waals surface area (Å²) in [5.41, 5.74) is 1.05. The second-order valence-electron chi connectivity index (χ2n) is 6.61. The van der Waals surface area contributed by atoms with Crippen LogP contribution in [0, 0.1) is 10.1 Å². The minimum absolute atomic E-state index is 0.00520. The number of benzene rings is 1. The molecule has 2 rings (SSSR count). The van der Waals surface area contributed by atoms with Gasteiger partial charge in [-0.3, -0.25) is 20.0 Å². The molecule has 0 atom stereocenters. The molecule has 1 aromatic rings. The lowest BCUT2D eigenvalue weighted by Crippen LogP contribution is -2.56. The lowest BCUT2D eigenvalue weighted by atomic mass is 10.0. The van der Waals surface area contributed by atoms with Crippen LogP contribution >= 0.6 is 0 Å². The first-order valence-corrected chi connectivity index (χ1v) is 8.43. The second-order valence-corrected chi connectivity index (χ2v) is 6.61. The molecule has 8 heteroatoms. The molecule has 0 bridgehead atoms. The van der Waals surface area contributed by atoms with Crippen molar-refractivity contribution in [3.63, 3.8) is 0 Å². The van der Waals surface area contributed by atoms with Gasteiger partial charge >= 0.3 is 0 Å². The van der Waals surface area contributed by atoms with Crippen LogP contribution in [0.4, 0.5) is 5.69 Å². The fraction of sp³-hybridized carbons (Fsp3) is 0.588. The number of non-ortho nitro benzene ring substituents is 1. The highest BCUT2D eigenvalue weighted by Gasteiger charge is 2.28. The Balaban J connectivity index is 1.82. The average molecular weight is 349 g/mol. The zero-order valence-electron chi connectivity index (χ0n) is 15.1. The van der Waals surface area contributed by atoms with E-state index in [0.29, 0.717) is 12.5 Å². The van der Waals surface area contributed by atoms with E-state index in [1.54, 1.807) is 19.2 Å². The Morgan fingerprint density at radius 1 is 1.28 bits per heavy atom. The summed E-state index contributed by atoms with van der Waals surface area (Å²) in [6.07, 6.45) is 0. The molecule has 0 radical (unpaired) electrons. The Kier molecular flexibility index (Phi) is 6.72. The molecule has 0 spiro atoms. The number of rotatable bonds is 6. The van der Waals surface area contributed by atoms with Crippen molar-refractivity contribution in [1.82, 2.24) is 15.5 Å². The summed E-state index contributed by atoms with van der Waals surface area (Å²) in [4.78, 5) is 16.9. The van der Waals surface area contributed by atoms with Gasteiger partial charge in [-0.2, -0.15) is 0 Å². The molecule has 1 fully saturated rings. The summed E-state index contributed by atoms with van der Waals surface area (Å²) in [5.74, 6) is 0.708. The Hall–Kier alpha value is -2.19. The van der Waals surface area contributed by atoms with Crippen molar-refractivity contribution in [2.45, 2.75) is 25.9 Å². The zero-order chi connectivity index (χ0) is 18.3. The topological polar surface area (TPSA) is 92.0 Å². The van der Waals surface area contributed by atoms with Gasteiger partial charge in [0.05, 0.1) is 18.1 Å². The van der Waals surface area contributed by atoms with Crippen LogP contribution in [0.25, 0.3) is 0 Å². The van der Waals surface area contributed by atoms with Gasteiger partial charge in [-0.15, -0.1) is 0 Å². The summed E-state index contributed by atoms with van der Waals surface area (Å²) in [6, 6.07) is 6.51. The molecule has 0 aliphatic carbocycles. The zero-order valence-corrected chi connectivity index (χ0v) is 15.1. The number of aliphatic imine (C=N–C) groups is 1. The Morgan fingerprint density at radius 3 is 2.48 bits per heavy atom. The van der Waals surface area contributed by atoms with Crippen molar-refractivity contribution in [2.24, 2.45) is 4.99 Å². The molecule has 8 nitrogen and oxygen atoms in total. The average Bonchev–Trinajstić information content (AvgIpc) is 2.63. The van der Waals surface area contributed by atoms with Crippen molar-refractivity contribution < 1.29 is 9.66 Å². The molecule has 1 heterocycles. The largest absolute Gasteiger partial charge is 0.379 e. The Morgan fingerprint density at radius 2 is 1.92 bits per heavy atom. The second kappa shape index (κ2) is 8.77. The number of nitrogens with zero attached hydrogens (tertiary/aromatic N) is 3. The minimum Gasteiger partial charge on any atom is -0.379 e. The van der Waals surface area contributed by atoms with Gasteiger partial charge in [0.25, 0.3) is 5.69 Å². The number of nitrogens with one attached hydrogen (secondary N) is 2. The molecule has 25 heavy (non-hydrogen) atoms. The van der Waals surface area contributed by atoms with Crippen molar-refractivity contribution in [3.05, 3.63) is 39.9 Å². The highest BCUT2D eigenvalue weighted by Crippen LogP contribution is 2.15. The van der Waals surface area contributed by atoms with Crippen LogP contribution in [-0.2, 0) is 11.3 Å². The van der Waals surface area contributed by atoms with Crippen LogP contribution in [0.15, 0.2) is 29.3 Å². The maximum atomic E-state index is 10.7. The van der Waals surface area contributed by atoms with E-state index in [2.05, 4.69) is 34.4 Å². The first kappa shape index (κ1) is 19.1. The van der Waals surface area contributed by atoms with Crippen LogP contribution in [0.3, 0.4) is 0 Å². The molecule has 0 aromatic heterocycles. The minimum atomic E-state index is -0.397. The van der Waals surface area contributed by atoms with E-state index in [4.69, 9.17) is 4.74 Å². The van der Waals surface area contributed by atoms with Crippen LogP contribution in [0.5, 0.6) is 0 Å². The summed E-state index contributed by atoms with van der Waals surface area (Å²) in [5, 5.41) is 17.3. The monoisotopic (exact) mass is 349 g/mol. The summed E-state index contributed by atoms with van der Waals surface area (Å²) >= 11 is 0. The molecule has 0 amide bonds. The van der Waals surface area contributed by atoms with Gasteiger partial charge in [0, 0.05) is 50.9 Å². The molecular weight excluding hydrogens is 322 g/mol. The number of nitro groups is 1. The first-order valence-electron chi connectivity index (χ1n) is 8.43. The van der Waals surface area contributed by atoms with E-state index in [1.165, 1.54) is 12.1 Å². The summed E-state index contributed by atoms with van der Waals surface area (Å²) in [6.45, 7) is 9.13. The van der Waals surface area contributed by atoms with Crippen LogP contribution in [-0.4, -0.2) is 61.2 Å².